The van der Waals surface area contributed by atoms with Gasteiger partial charge in [0.05, 0.1) is 24.8 Å². The van der Waals surface area contributed by atoms with Crippen LogP contribution in [-0.4, -0.2) is 47.1 Å². The average molecular weight is 520 g/mol. The zero-order valence-electron chi connectivity index (χ0n) is 21.6. The van der Waals surface area contributed by atoms with Gasteiger partial charge in [-0.05, 0) is 46.2 Å². The van der Waals surface area contributed by atoms with Crippen LogP contribution < -0.4 is 14.8 Å². The normalized spacial score (nSPS) is 17.2. The van der Waals surface area contributed by atoms with Gasteiger partial charge < -0.3 is 24.6 Å². The van der Waals surface area contributed by atoms with Crippen LogP contribution in [-0.2, 0) is 17.2 Å². The molecule has 4 rings (SSSR count). The zero-order valence-corrected chi connectivity index (χ0v) is 21.6. The van der Waals surface area contributed by atoms with Crippen LogP contribution in [0, 0.1) is 18.7 Å². The summed E-state index contributed by atoms with van der Waals surface area (Å²) in [6.45, 7) is 6.80. The lowest BCUT2D eigenvalue weighted by atomic mass is 9.92. The first-order valence-electron chi connectivity index (χ1n) is 12.1. The molecular weight excluding hydrogens is 487 g/mol. The highest BCUT2D eigenvalue weighted by molar-refractivity contribution is 5.91. The summed E-state index contributed by atoms with van der Waals surface area (Å²) in [6.07, 6.45) is 0.787. The van der Waals surface area contributed by atoms with E-state index >= 15 is 4.39 Å². The van der Waals surface area contributed by atoms with Crippen LogP contribution in [0.2, 0.25) is 0 Å². The van der Waals surface area contributed by atoms with E-state index in [9.17, 15) is 13.9 Å². The number of fused-ring (bicyclic) bond motifs is 1. The van der Waals surface area contributed by atoms with Gasteiger partial charge in [-0.15, -0.1) is 0 Å². The molecule has 0 saturated carbocycles. The molecule has 0 spiro atoms. The topological polar surface area (TPSA) is 85.7 Å². The highest BCUT2D eigenvalue weighted by Gasteiger charge is 2.49. The van der Waals surface area contributed by atoms with E-state index in [4.69, 9.17) is 14.2 Å². The maximum absolute atomic E-state index is 15.1. The number of aliphatic hydroxyl groups is 1. The van der Waals surface area contributed by atoms with E-state index in [-0.39, 0.29) is 24.1 Å². The van der Waals surface area contributed by atoms with Gasteiger partial charge in [0.2, 0.25) is 0 Å². The number of nitrogens with zero attached hydrogens (tertiary/aromatic N) is 2. The Kier molecular flexibility index (Phi) is 7.52. The van der Waals surface area contributed by atoms with Crippen LogP contribution in [0.5, 0.6) is 11.5 Å². The summed E-state index contributed by atoms with van der Waals surface area (Å²) in [5.74, 6) is -2.75. The fraction of sp³-hybridized carbons (Fsp3) is 0.481. The van der Waals surface area contributed by atoms with E-state index < -0.39 is 22.9 Å². The van der Waals surface area contributed by atoms with Crippen LogP contribution in [0.3, 0.4) is 0 Å². The lowest BCUT2D eigenvalue weighted by molar-refractivity contribution is -0.170. The fourth-order valence-electron chi connectivity index (χ4n) is 4.33. The number of nitrogens with one attached hydrogen (secondary N) is 1. The lowest BCUT2D eigenvalue weighted by Crippen LogP contribution is -2.41. The van der Waals surface area contributed by atoms with Gasteiger partial charge in [0.1, 0.15) is 29.2 Å². The Balaban J connectivity index is 1.66. The first-order valence-corrected chi connectivity index (χ1v) is 12.1. The smallest absolute Gasteiger partial charge is 0.303 e. The Morgan fingerprint density at radius 3 is 2.62 bits per heavy atom. The summed E-state index contributed by atoms with van der Waals surface area (Å²) in [4.78, 5) is 8.94. The number of rotatable bonds is 9. The summed E-state index contributed by atoms with van der Waals surface area (Å²) >= 11 is 0. The SMILES string of the molecule is COc1cc2nc(C)nc(NCc3cccc(C(F)(F)C(C)(C)O)c3F)c2cc1OC(C)[C@@H]1CCOC1. The largest absolute Gasteiger partial charge is 0.493 e. The first kappa shape index (κ1) is 26.9. The zero-order chi connectivity index (χ0) is 27.0. The van der Waals surface area contributed by atoms with Crippen molar-refractivity contribution in [2.45, 2.75) is 58.3 Å². The van der Waals surface area contributed by atoms with Crippen molar-refractivity contribution in [2.24, 2.45) is 5.92 Å². The molecule has 2 N–H and O–H groups in total. The molecule has 1 unspecified atom stereocenters. The van der Waals surface area contributed by atoms with E-state index in [2.05, 4.69) is 15.3 Å². The Labute approximate surface area is 214 Å². The molecule has 1 aromatic heterocycles. The molecule has 1 fully saturated rings. The van der Waals surface area contributed by atoms with Gasteiger partial charge >= 0.3 is 5.92 Å². The van der Waals surface area contributed by atoms with E-state index in [0.29, 0.717) is 47.3 Å². The molecule has 2 aromatic carbocycles. The molecule has 0 amide bonds. The quantitative estimate of drug-likeness (QED) is 0.393. The minimum absolute atomic E-state index is 0.00526. The molecule has 1 saturated heterocycles. The van der Waals surface area contributed by atoms with Crippen molar-refractivity contribution < 1.29 is 32.5 Å². The number of alkyl halides is 2. The standard InChI is InChI=1S/C27H32F3N3O4/c1-15(18-9-10-36-14-18)37-23-11-19-21(12-22(23)35-5)32-16(2)33-25(19)31-13-17-7-6-8-20(24(17)28)27(29,30)26(3,4)34/h6-8,11-12,15,18,34H,9-10,13-14H2,1-5H3,(H,31,32,33)/t15?,18-/m1/s1. The van der Waals surface area contributed by atoms with Crippen LogP contribution in [0.1, 0.15) is 44.1 Å². The molecule has 0 bridgehead atoms. The molecular formula is C27H32F3N3O4. The maximum atomic E-state index is 15.1. The Hall–Kier alpha value is -3.11. The third-order valence-electron chi connectivity index (χ3n) is 6.67. The molecule has 2 atom stereocenters. The second-order valence-electron chi connectivity index (χ2n) is 9.85. The van der Waals surface area contributed by atoms with Crippen molar-refractivity contribution in [3.8, 4) is 11.5 Å². The number of methoxy groups -OCH3 is 1. The monoisotopic (exact) mass is 519 g/mol. The van der Waals surface area contributed by atoms with Crippen LogP contribution in [0.15, 0.2) is 30.3 Å². The van der Waals surface area contributed by atoms with Gasteiger partial charge in [0.15, 0.2) is 11.5 Å². The van der Waals surface area contributed by atoms with Crippen molar-refractivity contribution in [2.75, 3.05) is 25.6 Å². The average Bonchev–Trinajstić information content (AvgIpc) is 3.37. The van der Waals surface area contributed by atoms with Gasteiger partial charge in [-0.1, -0.05) is 12.1 Å². The van der Waals surface area contributed by atoms with Crippen molar-refractivity contribution in [3.63, 3.8) is 0 Å². The molecule has 1 aliphatic rings. The first-order chi connectivity index (χ1) is 17.4. The highest BCUT2D eigenvalue weighted by Crippen LogP contribution is 2.41. The Morgan fingerprint density at radius 2 is 1.97 bits per heavy atom. The maximum Gasteiger partial charge on any atom is 0.303 e. The predicted octanol–water partition coefficient (Wildman–Crippen LogP) is 5.36. The van der Waals surface area contributed by atoms with Crippen LogP contribution in [0.4, 0.5) is 19.0 Å². The van der Waals surface area contributed by atoms with Crippen molar-refractivity contribution in [3.05, 3.63) is 53.1 Å². The minimum atomic E-state index is -3.78. The number of anilines is 1. The minimum Gasteiger partial charge on any atom is -0.493 e. The van der Waals surface area contributed by atoms with Crippen molar-refractivity contribution in [1.29, 1.82) is 0 Å². The number of aryl methyl sites for hydroxylation is 1. The molecule has 37 heavy (non-hydrogen) atoms. The van der Waals surface area contributed by atoms with Crippen LogP contribution in [0.25, 0.3) is 10.9 Å². The third kappa shape index (κ3) is 5.45. The van der Waals surface area contributed by atoms with Crippen molar-refractivity contribution >= 4 is 16.7 Å². The number of hydrogen-bond acceptors (Lipinski definition) is 7. The van der Waals surface area contributed by atoms with E-state index in [0.717, 1.165) is 26.3 Å². The third-order valence-corrected chi connectivity index (χ3v) is 6.67. The number of benzene rings is 2. The van der Waals surface area contributed by atoms with Gasteiger partial charge in [0, 0.05) is 36.1 Å². The second-order valence-corrected chi connectivity index (χ2v) is 9.85. The molecule has 3 aromatic rings. The van der Waals surface area contributed by atoms with Crippen molar-refractivity contribution in [1.82, 2.24) is 9.97 Å². The second kappa shape index (κ2) is 10.3. The number of ether oxygens (including phenoxy) is 3. The number of hydrogen-bond donors (Lipinski definition) is 2. The summed E-state index contributed by atoms with van der Waals surface area (Å²) in [5, 5.41) is 13.6. The summed E-state index contributed by atoms with van der Waals surface area (Å²) in [5.41, 5.74) is -2.71. The summed E-state index contributed by atoms with van der Waals surface area (Å²) < 4.78 is 61.8. The molecule has 7 nitrogen and oxygen atoms in total. The van der Waals surface area contributed by atoms with Gasteiger partial charge in [0.25, 0.3) is 0 Å². The Bertz CT molecular complexity index is 1270. The number of aromatic nitrogens is 2. The number of halogens is 3. The predicted molar refractivity (Wildman–Crippen MR) is 134 cm³/mol. The molecule has 1 aliphatic heterocycles. The summed E-state index contributed by atoms with van der Waals surface area (Å²) in [7, 11) is 1.55. The lowest BCUT2D eigenvalue weighted by Gasteiger charge is -2.30. The van der Waals surface area contributed by atoms with Gasteiger partial charge in [-0.25, -0.2) is 14.4 Å². The molecule has 0 aliphatic carbocycles. The highest BCUT2D eigenvalue weighted by atomic mass is 19.3. The molecule has 200 valence electrons. The van der Waals surface area contributed by atoms with Crippen LogP contribution >= 0.6 is 0 Å². The molecule has 0 radical (unpaired) electrons. The van der Waals surface area contributed by atoms with E-state index in [1.807, 2.05) is 6.92 Å². The van der Waals surface area contributed by atoms with E-state index in [1.54, 1.807) is 26.2 Å². The summed E-state index contributed by atoms with van der Waals surface area (Å²) in [6, 6.07) is 7.23. The van der Waals surface area contributed by atoms with Gasteiger partial charge in [-0.2, -0.15) is 8.78 Å². The Morgan fingerprint density at radius 1 is 1.22 bits per heavy atom. The van der Waals surface area contributed by atoms with Gasteiger partial charge in [-0.3, -0.25) is 0 Å². The van der Waals surface area contributed by atoms with E-state index in [1.165, 1.54) is 12.1 Å². The molecule has 10 heteroatoms. The molecule has 2 heterocycles. The fourth-order valence-corrected chi connectivity index (χ4v) is 4.33.